The molecule has 0 spiro atoms. The van der Waals surface area contributed by atoms with Gasteiger partial charge in [0.2, 0.25) is 5.91 Å². The van der Waals surface area contributed by atoms with Crippen molar-refractivity contribution in [2.45, 2.75) is 37.7 Å². The number of benzene rings is 2. The monoisotopic (exact) mass is 371 g/mol. The second kappa shape index (κ2) is 8.09. The fourth-order valence-corrected chi connectivity index (χ4v) is 3.36. The van der Waals surface area contributed by atoms with Crippen molar-refractivity contribution < 1.29 is 19.0 Å². The van der Waals surface area contributed by atoms with Crippen molar-refractivity contribution in [1.82, 2.24) is 5.32 Å². The predicted octanol–water partition coefficient (Wildman–Crippen LogP) is 3.74. The number of methoxy groups -OCH3 is 1. The summed E-state index contributed by atoms with van der Waals surface area (Å²) in [6.07, 6.45) is 2.66. The van der Waals surface area contributed by atoms with E-state index >= 15 is 0 Å². The van der Waals surface area contributed by atoms with Crippen molar-refractivity contribution in [2.24, 2.45) is 5.92 Å². The minimum absolute atomic E-state index is 0.0808. The maximum Gasteiger partial charge on any atom is 0.220 e. The summed E-state index contributed by atoms with van der Waals surface area (Å²) in [5.41, 5.74) is 0.454. The number of carbonyl (C=O) groups excluding carboxylic acids is 1. The number of rotatable bonds is 8. The summed E-state index contributed by atoms with van der Waals surface area (Å²) in [7, 11) is 1.63. The van der Waals surface area contributed by atoms with Crippen LogP contribution in [0.2, 0.25) is 0 Å². The molecule has 5 heteroatoms. The molecule has 0 saturated heterocycles. The molecule has 2 atom stereocenters. The van der Waals surface area contributed by atoms with Crippen LogP contribution in [0.1, 0.15) is 43.2 Å². The van der Waals surface area contributed by atoms with Crippen LogP contribution in [-0.4, -0.2) is 24.7 Å². The molecule has 0 bridgehead atoms. The van der Waals surface area contributed by atoms with E-state index in [1.54, 1.807) is 14.0 Å². The van der Waals surface area contributed by atoms with Gasteiger partial charge in [-0.3, -0.25) is 4.79 Å². The number of carbonyl (C=O) groups is 1. The lowest BCUT2D eigenvalue weighted by molar-refractivity contribution is -0.122. The third kappa shape index (κ3) is 5.07. The highest BCUT2D eigenvalue weighted by Gasteiger charge is 2.34. The first kappa shape index (κ1) is 19.4. The molecule has 144 valence electrons. The summed E-state index contributed by atoms with van der Waals surface area (Å²) in [6, 6.07) is 13.5. The molecule has 1 aliphatic carbocycles. The second-order valence-electron chi connectivity index (χ2n) is 7.48. The second-order valence-corrected chi connectivity index (χ2v) is 7.48. The van der Waals surface area contributed by atoms with Gasteiger partial charge in [-0.05, 0) is 67.0 Å². The molecule has 1 saturated carbocycles. The van der Waals surface area contributed by atoms with Gasteiger partial charge in [0.15, 0.2) is 0 Å². The summed E-state index contributed by atoms with van der Waals surface area (Å²) in [4.78, 5) is 12.5. The molecular formula is C22H26FNO3. The average molecular weight is 371 g/mol. The fraction of sp³-hybridized carbons (Fsp3) is 0.409. The van der Waals surface area contributed by atoms with Gasteiger partial charge in [0.25, 0.3) is 0 Å². The molecule has 2 aromatic rings. The van der Waals surface area contributed by atoms with Crippen molar-refractivity contribution in [3.05, 3.63) is 65.5 Å². The Balaban J connectivity index is 1.60. The first-order valence-electron chi connectivity index (χ1n) is 9.28. The van der Waals surface area contributed by atoms with Gasteiger partial charge in [-0.25, -0.2) is 4.39 Å². The first-order valence-corrected chi connectivity index (χ1v) is 9.28. The summed E-state index contributed by atoms with van der Waals surface area (Å²) >= 11 is 0. The number of hydrogen-bond acceptors (Lipinski definition) is 3. The van der Waals surface area contributed by atoms with Gasteiger partial charge in [-0.15, -0.1) is 0 Å². The Kier molecular flexibility index (Phi) is 5.80. The number of aliphatic hydroxyl groups is 1. The van der Waals surface area contributed by atoms with Gasteiger partial charge in [0.1, 0.15) is 17.2 Å². The van der Waals surface area contributed by atoms with Gasteiger partial charge in [0.05, 0.1) is 13.7 Å². The van der Waals surface area contributed by atoms with E-state index in [0.717, 1.165) is 24.2 Å². The molecule has 0 aromatic heterocycles. The Morgan fingerprint density at radius 2 is 1.85 bits per heavy atom. The van der Waals surface area contributed by atoms with Crippen LogP contribution >= 0.6 is 0 Å². The summed E-state index contributed by atoms with van der Waals surface area (Å²) in [5, 5.41) is 13.4. The molecule has 0 aliphatic heterocycles. The molecule has 2 N–H and O–H groups in total. The standard InChI is InChI=1S/C22H26FNO3/c1-22(26,17-7-9-18(23)10-8-17)14-24-21(25)13-20(15-3-4-15)16-5-11-19(27-2)12-6-16/h5-12,15,20,26H,3-4,13-14H2,1-2H3,(H,24,25). The van der Waals surface area contributed by atoms with Crippen molar-refractivity contribution in [1.29, 1.82) is 0 Å². The maximum absolute atomic E-state index is 13.1. The van der Waals surface area contributed by atoms with Crippen LogP contribution in [0.15, 0.2) is 48.5 Å². The van der Waals surface area contributed by atoms with E-state index in [-0.39, 0.29) is 24.2 Å². The fourth-order valence-electron chi connectivity index (χ4n) is 3.36. The Bertz CT molecular complexity index is 767. The van der Waals surface area contributed by atoms with E-state index in [4.69, 9.17) is 4.74 Å². The summed E-state index contributed by atoms with van der Waals surface area (Å²) < 4.78 is 18.3. The van der Waals surface area contributed by atoms with Gasteiger partial charge < -0.3 is 15.2 Å². The minimum atomic E-state index is -1.25. The first-order chi connectivity index (χ1) is 12.9. The van der Waals surface area contributed by atoms with Crippen molar-refractivity contribution >= 4 is 5.91 Å². The highest BCUT2D eigenvalue weighted by molar-refractivity contribution is 5.77. The van der Waals surface area contributed by atoms with E-state index in [9.17, 15) is 14.3 Å². The van der Waals surface area contributed by atoms with Crippen LogP contribution in [0.4, 0.5) is 4.39 Å². The topological polar surface area (TPSA) is 58.6 Å². The minimum Gasteiger partial charge on any atom is -0.497 e. The van der Waals surface area contributed by atoms with Crippen molar-refractivity contribution in [3.8, 4) is 5.75 Å². The molecule has 2 aromatic carbocycles. The molecule has 1 amide bonds. The van der Waals surface area contributed by atoms with E-state index in [1.165, 1.54) is 24.3 Å². The molecule has 2 unspecified atom stereocenters. The van der Waals surface area contributed by atoms with E-state index in [0.29, 0.717) is 17.9 Å². The summed E-state index contributed by atoms with van der Waals surface area (Å²) in [5.74, 6) is 1.05. The number of nitrogens with one attached hydrogen (secondary N) is 1. The summed E-state index contributed by atoms with van der Waals surface area (Å²) in [6.45, 7) is 1.69. The zero-order valence-corrected chi connectivity index (χ0v) is 15.7. The van der Waals surface area contributed by atoms with Gasteiger partial charge in [-0.1, -0.05) is 24.3 Å². The van der Waals surface area contributed by atoms with Crippen molar-refractivity contribution in [3.63, 3.8) is 0 Å². The number of amides is 1. The van der Waals surface area contributed by atoms with Crippen LogP contribution < -0.4 is 10.1 Å². The van der Waals surface area contributed by atoms with Crippen LogP contribution in [0, 0.1) is 11.7 Å². The third-order valence-corrected chi connectivity index (χ3v) is 5.24. The van der Waals surface area contributed by atoms with Gasteiger partial charge >= 0.3 is 0 Å². The Labute approximate surface area is 159 Å². The number of halogens is 1. The molecule has 4 nitrogen and oxygen atoms in total. The molecular weight excluding hydrogens is 345 g/mol. The zero-order valence-electron chi connectivity index (χ0n) is 15.7. The molecule has 0 heterocycles. The Morgan fingerprint density at radius 3 is 2.41 bits per heavy atom. The Morgan fingerprint density at radius 1 is 1.22 bits per heavy atom. The average Bonchev–Trinajstić information content (AvgIpc) is 3.50. The molecule has 0 radical (unpaired) electrons. The van der Waals surface area contributed by atoms with Crippen LogP contribution in [0.25, 0.3) is 0 Å². The largest absolute Gasteiger partial charge is 0.497 e. The van der Waals surface area contributed by atoms with Gasteiger partial charge in [-0.2, -0.15) is 0 Å². The van der Waals surface area contributed by atoms with Crippen LogP contribution in [0.5, 0.6) is 5.75 Å². The SMILES string of the molecule is COc1ccc(C(CC(=O)NCC(C)(O)c2ccc(F)cc2)C2CC2)cc1. The van der Waals surface area contributed by atoms with E-state index in [2.05, 4.69) is 5.32 Å². The molecule has 1 fully saturated rings. The van der Waals surface area contributed by atoms with Crippen LogP contribution in [-0.2, 0) is 10.4 Å². The normalized spacial score (nSPS) is 17.0. The molecule has 27 heavy (non-hydrogen) atoms. The zero-order chi connectivity index (χ0) is 19.4. The van der Waals surface area contributed by atoms with E-state index in [1.807, 2.05) is 24.3 Å². The Hall–Kier alpha value is -2.40. The van der Waals surface area contributed by atoms with Gasteiger partial charge in [0, 0.05) is 6.42 Å². The maximum atomic E-state index is 13.1. The number of hydrogen-bond donors (Lipinski definition) is 2. The van der Waals surface area contributed by atoms with Crippen molar-refractivity contribution in [2.75, 3.05) is 13.7 Å². The quantitative estimate of drug-likeness (QED) is 0.743. The van der Waals surface area contributed by atoms with Crippen LogP contribution in [0.3, 0.4) is 0 Å². The third-order valence-electron chi connectivity index (χ3n) is 5.24. The lowest BCUT2D eigenvalue weighted by atomic mass is 9.90. The smallest absolute Gasteiger partial charge is 0.220 e. The predicted molar refractivity (Wildman–Crippen MR) is 102 cm³/mol. The number of ether oxygens (including phenoxy) is 1. The highest BCUT2D eigenvalue weighted by Crippen LogP contribution is 2.44. The lowest BCUT2D eigenvalue weighted by Crippen LogP contribution is -2.39. The highest BCUT2D eigenvalue weighted by atomic mass is 19.1. The lowest BCUT2D eigenvalue weighted by Gasteiger charge is -2.25. The van der Waals surface area contributed by atoms with E-state index < -0.39 is 5.60 Å². The molecule has 1 aliphatic rings. The molecule has 3 rings (SSSR count).